The molecule has 2 aromatic rings. The molecule has 1 atom stereocenters. The molecular formula is C18H23FN4O. The third-order valence-corrected chi connectivity index (χ3v) is 4.27. The van der Waals surface area contributed by atoms with Gasteiger partial charge < -0.3 is 15.0 Å². The predicted octanol–water partition coefficient (Wildman–Crippen LogP) is 3.26. The summed E-state index contributed by atoms with van der Waals surface area (Å²) in [6.45, 7) is 4.10. The molecule has 0 radical (unpaired) electrons. The molecule has 5 nitrogen and oxygen atoms in total. The fourth-order valence-electron chi connectivity index (χ4n) is 2.78. The van der Waals surface area contributed by atoms with Crippen LogP contribution in [0.4, 0.5) is 10.1 Å². The van der Waals surface area contributed by atoms with Gasteiger partial charge in [0.1, 0.15) is 11.9 Å². The summed E-state index contributed by atoms with van der Waals surface area (Å²) in [6.07, 6.45) is 5.29. The van der Waals surface area contributed by atoms with Gasteiger partial charge in [0.25, 0.3) is 0 Å². The van der Waals surface area contributed by atoms with Crippen molar-refractivity contribution in [3.63, 3.8) is 0 Å². The summed E-state index contributed by atoms with van der Waals surface area (Å²) in [5.74, 6) is 0.325. The maximum atomic E-state index is 12.9. The van der Waals surface area contributed by atoms with E-state index >= 15 is 0 Å². The van der Waals surface area contributed by atoms with Crippen molar-refractivity contribution in [3.05, 3.63) is 48.2 Å². The van der Waals surface area contributed by atoms with Crippen molar-refractivity contribution < 1.29 is 9.13 Å². The van der Waals surface area contributed by atoms with Crippen molar-refractivity contribution in [2.45, 2.75) is 31.9 Å². The number of anilines is 1. The maximum absolute atomic E-state index is 12.9. The summed E-state index contributed by atoms with van der Waals surface area (Å²) < 4.78 is 18.9. The van der Waals surface area contributed by atoms with Gasteiger partial charge in [0.2, 0.25) is 5.88 Å². The fourth-order valence-corrected chi connectivity index (χ4v) is 2.78. The maximum Gasteiger partial charge on any atom is 0.213 e. The van der Waals surface area contributed by atoms with Crippen LogP contribution in [0.25, 0.3) is 0 Å². The first-order valence-electron chi connectivity index (χ1n) is 8.29. The average molecular weight is 330 g/mol. The highest BCUT2D eigenvalue weighted by molar-refractivity contribution is 5.43. The molecule has 1 aliphatic rings. The largest absolute Gasteiger partial charge is 0.474 e. The van der Waals surface area contributed by atoms with E-state index in [0.717, 1.165) is 37.3 Å². The molecule has 0 aromatic carbocycles. The van der Waals surface area contributed by atoms with Gasteiger partial charge >= 0.3 is 0 Å². The van der Waals surface area contributed by atoms with E-state index in [4.69, 9.17) is 4.74 Å². The standard InChI is InChI=1S/C18H23FN4O/c1-13(17-5-3-14(19)11-20-17)22-15-4-6-18(21-12-15)24-16-7-9-23(2)10-8-16/h3-6,11-13,16,22H,7-10H2,1-2H3. The second kappa shape index (κ2) is 7.57. The summed E-state index contributed by atoms with van der Waals surface area (Å²) >= 11 is 0. The summed E-state index contributed by atoms with van der Waals surface area (Å²) in [4.78, 5) is 10.8. The highest BCUT2D eigenvalue weighted by Gasteiger charge is 2.18. The fraction of sp³-hybridized carbons (Fsp3) is 0.444. The Morgan fingerprint density at radius 1 is 1.17 bits per heavy atom. The van der Waals surface area contributed by atoms with E-state index in [1.807, 2.05) is 19.1 Å². The second-order valence-electron chi connectivity index (χ2n) is 6.27. The number of halogens is 1. The number of hydrogen-bond donors (Lipinski definition) is 1. The van der Waals surface area contributed by atoms with Crippen LogP contribution in [0, 0.1) is 5.82 Å². The smallest absolute Gasteiger partial charge is 0.213 e. The second-order valence-corrected chi connectivity index (χ2v) is 6.27. The van der Waals surface area contributed by atoms with Crippen LogP contribution in [0.5, 0.6) is 5.88 Å². The predicted molar refractivity (Wildman–Crippen MR) is 91.6 cm³/mol. The van der Waals surface area contributed by atoms with Gasteiger partial charge in [-0.05, 0) is 45.0 Å². The normalized spacial score (nSPS) is 17.5. The zero-order valence-corrected chi connectivity index (χ0v) is 14.1. The number of nitrogens with one attached hydrogen (secondary N) is 1. The number of piperidine rings is 1. The summed E-state index contributed by atoms with van der Waals surface area (Å²) in [7, 11) is 2.13. The molecule has 0 spiro atoms. The minimum atomic E-state index is -0.331. The minimum Gasteiger partial charge on any atom is -0.474 e. The van der Waals surface area contributed by atoms with Gasteiger partial charge in [0.05, 0.1) is 29.8 Å². The summed E-state index contributed by atoms with van der Waals surface area (Å²) in [5, 5.41) is 3.30. The van der Waals surface area contributed by atoms with E-state index in [9.17, 15) is 4.39 Å². The molecule has 1 aliphatic heterocycles. The van der Waals surface area contributed by atoms with Crippen molar-refractivity contribution in [2.75, 3.05) is 25.5 Å². The average Bonchev–Trinajstić information content (AvgIpc) is 2.59. The van der Waals surface area contributed by atoms with Crippen LogP contribution >= 0.6 is 0 Å². The molecule has 1 fully saturated rings. The first kappa shape index (κ1) is 16.6. The highest BCUT2D eigenvalue weighted by atomic mass is 19.1. The number of hydrogen-bond acceptors (Lipinski definition) is 5. The molecule has 1 unspecified atom stereocenters. The lowest BCUT2D eigenvalue weighted by atomic mass is 10.1. The third kappa shape index (κ3) is 4.41. The van der Waals surface area contributed by atoms with Crippen LogP contribution in [0.2, 0.25) is 0 Å². The lowest BCUT2D eigenvalue weighted by Gasteiger charge is -2.28. The first-order chi connectivity index (χ1) is 11.6. The molecule has 24 heavy (non-hydrogen) atoms. The van der Waals surface area contributed by atoms with E-state index in [-0.39, 0.29) is 18.0 Å². The zero-order chi connectivity index (χ0) is 16.9. The van der Waals surface area contributed by atoms with Crippen LogP contribution in [0.1, 0.15) is 31.5 Å². The molecule has 0 amide bonds. The summed E-state index contributed by atoms with van der Waals surface area (Å²) in [5.41, 5.74) is 1.66. The Labute approximate surface area is 141 Å². The van der Waals surface area contributed by atoms with Gasteiger partial charge in [-0.15, -0.1) is 0 Å². The van der Waals surface area contributed by atoms with Gasteiger partial charge in [-0.25, -0.2) is 9.37 Å². The SMILES string of the molecule is CC(Nc1ccc(OC2CCN(C)CC2)nc1)c1ccc(F)cn1. The molecule has 1 N–H and O–H groups in total. The van der Waals surface area contributed by atoms with Crippen LogP contribution in [0.15, 0.2) is 36.7 Å². The van der Waals surface area contributed by atoms with Crippen LogP contribution in [0.3, 0.4) is 0 Å². The Kier molecular flexibility index (Phi) is 5.25. The number of nitrogens with zero attached hydrogens (tertiary/aromatic N) is 3. The van der Waals surface area contributed by atoms with E-state index in [0.29, 0.717) is 5.88 Å². The molecule has 2 aromatic heterocycles. The number of rotatable bonds is 5. The van der Waals surface area contributed by atoms with Gasteiger partial charge in [0, 0.05) is 19.2 Å². The van der Waals surface area contributed by atoms with E-state index in [2.05, 4.69) is 27.2 Å². The van der Waals surface area contributed by atoms with Crippen molar-refractivity contribution >= 4 is 5.69 Å². The van der Waals surface area contributed by atoms with E-state index < -0.39 is 0 Å². The Balaban J connectivity index is 1.55. The molecule has 0 aliphatic carbocycles. The van der Waals surface area contributed by atoms with Crippen molar-refractivity contribution in [2.24, 2.45) is 0 Å². The Morgan fingerprint density at radius 3 is 2.58 bits per heavy atom. The molecular weight excluding hydrogens is 307 g/mol. The van der Waals surface area contributed by atoms with Crippen molar-refractivity contribution in [3.8, 4) is 5.88 Å². The van der Waals surface area contributed by atoms with Gasteiger partial charge in [-0.1, -0.05) is 0 Å². The van der Waals surface area contributed by atoms with Gasteiger partial charge in [-0.3, -0.25) is 4.98 Å². The Morgan fingerprint density at radius 2 is 1.96 bits per heavy atom. The number of ether oxygens (including phenoxy) is 1. The van der Waals surface area contributed by atoms with Gasteiger partial charge in [-0.2, -0.15) is 0 Å². The number of likely N-dealkylation sites (tertiary alicyclic amines) is 1. The number of pyridine rings is 2. The van der Waals surface area contributed by atoms with Gasteiger partial charge in [0.15, 0.2) is 0 Å². The Hall–Kier alpha value is -2.21. The molecule has 0 saturated carbocycles. The molecule has 3 heterocycles. The van der Waals surface area contributed by atoms with Crippen molar-refractivity contribution in [1.82, 2.24) is 14.9 Å². The molecule has 0 bridgehead atoms. The van der Waals surface area contributed by atoms with E-state index in [1.54, 1.807) is 12.3 Å². The molecule has 128 valence electrons. The summed E-state index contributed by atoms with van der Waals surface area (Å²) in [6, 6.07) is 6.88. The number of aromatic nitrogens is 2. The minimum absolute atomic E-state index is 0.0342. The Bertz CT molecular complexity index is 639. The first-order valence-corrected chi connectivity index (χ1v) is 8.29. The topological polar surface area (TPSA) is 50.3 Å². The van der Waals surface area contributed by atoms with Crippen LogP contribution < -0.4 is 10.1 Å². The third-order valence-electron chi connectivity index (χ3n) is 4.27. The molecule has 1 saturated heterocycles. The monoisotopic (exact) mass is 330 g/mol. The van der Waals surface area contributed by atoms with Crippen molar-refractivity contribution in [1.29, 1.82) is 0 Å². The lowest BCUT2D eigenvalue weighted by Crippen LogP contribution is -2.35. The highest BCUT2D eigenvalue weighted by Crippen LogP contribution is 2.21. The molecule has 6 heteroatoms. The lowest BCUT2D eigenvalue weighted by molar-refractivity contribution is 0.110. The van der Waals surface area contributed by atoms with E-state index in [1.165, 1.54) is 12.3 Å². The zero-order valence-electron chi connectivity index (χ0n) is 14.1. The van der Waals surface area contributed by atoms with Crippen LogP contribution in [-0.2, 0) is 0 Å². The quantitative estimate of drug-likeness (QED) is 0.912. The van der Waals surface area contributed by atoms with Crippen LogP contribution in [-0.4, -0.2) is 41.1 Å². The molecule has 3 rings (SSSR count).